The van der Waals surface area contributed by atoms with Gasteiger partial charge in [-0.2, -0.15) is 0 Å². The summed E-state index contributed by atoms with van der Waals surface area (Å²) in [5.74, 6) is 0. The zero-order valence-electron chi connectivity index (χ0n) is 14.8. The summed E-state index contributed by atoms with van der Waals surface area (Å²) in [5.41, 5.74) is 2.21. The second-order valence-electron chi connectivity index (χ2n) is 6.31. The van der Waals surface area contributed by atoms with Crippen LogP contribution in [0.2, 0.25) is 5.02 Å². The summed E-state index contributed by atoms with van der Waals surface area (Å²) in [4.78, 5) is 4.70. The highest BCUT2D eigenvalue weighted by Crippen LogP contribution is 2.34. The van der Waals surface area contributed by atoms with E-state index in [4.69, 9.17) is 11.6 Å². The summed E-state index contributed by atoms with van der Waals surface area (Å²) in [6.07, 6.45) is 1.41. The molecule has 0 saturated carbocycles. The summed E-state index contributed by atoms with van der Waals surface area (Å²) in [5, 5.41) is 4.48. The predicted molar refractivity (Wildman–Crippen MR) is 112 cm³/mol. The van der Waals surface area contributed by atoms with Gasteiger partial charge in [-0.1, -0.05) is 60.1 Å². The van der Waals surface area contributed by atoms with Gasteiger partial charge in [-0.3, -0.25) is 4.98 Å². The number of hydrogen-bond donors (Lipinski definition) is 1. The molecule has 0 saturated heterocycles. The predicted octanol–water partition coefficient (Wildman–Crippen LogP) is 5.33. The lowest BCUT2D eigenvalue weighted by Crippen LogP contribution is -2.09. The van der Waals surface area contributed by atoms with E-state index in [2.05, 4.69) is 10.3 Å². The van der Waals surface area contributed by atoms with Crippen molar-refractivity contribution in [3.05, 3.63) is 95.6 Å². The molecule has 3 aromatic carbocycles. The third-order valence-electron chi connectivity index (χ3n) is 4.45. The molecule has 4 aromatic rings. The Hall–Kier alpha value is -2.89. The average Bonchev–Trinajstić information content (AvgIpc) is 2.73. The molecule has 6 heteroatoms. The minimum Gasteiger partial charge on any atom is -0.379 e. The summed E-state index contributed by atoms with van der Waals surface area (Å²) in [7, 11) is -3.75. The lowest BCUT2D eigenvalue weighted by Gasteiger charge is -2.15. The SMILES string of the molecule is O=S(=O)(c1ccccc1)c1cnc2ccc(Cl)cc2c1NCc1ccccc1. The zero-order chi connectivity index (χ0) is 19.6. The minimum absolute atomic E-state index is 0.129. The molecule has 1 aromatic heterocycles. The van der Waals surface area contributed by atoms with Gasteiger partial charge in [0, 0.05) is 23.2 Å². The first-order valence-electron chi connectivity index (χ1n) is 8.72. The number of fused-ring (bicyclic) bond motifs is 1. The van der Waals surface area contributed by atoms with E-state index < -0.39 is 9.84 Å². The molecule has 0 aliphatic heterocycles. The van der Waals surface area contributed by atoms with E-state index in [-0.39, 0.29) is 9.79 Å². The summed E-state index contributed by atoms with van der Waals surface area (Å²) in [6, 6.07) is 23.4. The van der Waals surface area contributed by atoms with Crippen molar-refractivity contribution in [3.63, 3.8) is 0 Å². The van der Waals surface area contributed by atoms with Gasteiger partial charge >= 0.3 is 0 Å². The van der Waals surface area contributed by atoms with Crippen LogP contribution in [0.25, 0.3) is 10.9 Å². The van der Waals surface area contributed by atoms with Gasteiger partial charge in [-0.15, -0.1) is 0 Å². The fraction of sp³-hybridized carbons (Fsp3) is 0.0455. The van der Waals surface area contributed by atoms with E-state index in [1.54, 1.807) is 48.5 Å². The van der Waals surface area contributed by atoms with Gasteiger partial charge in [0.1, 0.15) is 4.90 Å². The maximum absolute atomic E-state index is 13.3. The zero-order valence-corrected chi connectivity index (χ0v) is 16.4. The van der Waals surface area contributed by atoms with Crippen LogP contribution in [0.4, 0.5) is 5.69 Å². The van der Waals surface area contributed by atoms with E-state index in [0.29, 0.717) is 28.2 Å². The van der Waals surface area contributed by atoms with Crippen LogP contribution in [-0.4, -0.2) is 13.4 Å². The van der Waals surface area contributed by atoms with Crippen molar-refractivity contribution < 1.29 is 8.42 Å². The van der Waals surface area contributed by atoms with Crippen LogP contribution in [-0.2, 0) is 16.4 Å². The van der Waals surface area contributed by atoms with E-state index in [9.17, 15) is 8.42 Å². The molecule has 0 unspecified atom stereocenters. The highest BCUT2D eigenvalue weighted by Gasteiger charge is 2.23. The molecule has 0 bridgehead atoms. The van der Waals surface area contributed by atoms with Crippen LogP contribution in [0, 0.1) is 0 Å². The molecule has 1 N–H and O–H groups in total. The molecule has 4 rings (SSSR count). The second kappa shape index (κ2) is 7.62. The quantitative estimate of drug-likeness (QED) is 0.484. The Morgan fingerprint density at radius 1 is 0.893 bits per heavy atom. The number of pyridine rings is 1. The van der Waals surface area contributed by atoms with Crippen LogP contribution in [0.15, 0.2) is 94.9 Å². The van der Waals surface area contributed by atoms with Gasteiger partial charge in [0.2, 0.25) is 9.84 Å². The molecule has 1 heterocycles. The summed E-state index contributed by atoms with van der Waals surface area (Å²) in [6.45, 7) is 0.476. The Morgan fingerprint density at radius 3 is 2.29 bits per heavy atom. The number of benzene rings is 3. The lowest BCUT2D eigenvalue weighted by molar-refractivity contribution is 0.596. The van der Waals surface area contributed by atoms with Crippen molar-refractivity contribution in [3.8, 4) is 0 Å². The molecule has 0 aliphatic carbocycles. The third kappa shape index (κ3) is 3.59. The van der Waals surface area contributed by atoms with Crippen molar-refractivity contribution in [2.75, 3.05) is 5.32 Å². The number of aromatic nitrogens is 1. The van der Waals surface area contributed by atoms with Gasteiger partial charge in [0.15, 0.2) is 0 Å². The highest BCUT2D eigenvalue weighted by atomic mass is 35.5. The first-order chi connectivity index (χ1) is 13.6. The molecule has 140 valence electrons. The molecule has 0 radical (unpaired) electrons. The van der Waals surface area contributed by atoms with Crippen molar-refractivity contribution in [1.82, 2.24) is 4.98 Å². The van der Waals surface area contributed by atoms with Gasteiger partial charge in [-0.25, -0.2) is 8.42 Å². The van der Waals surface area contributed by atoms with Crippen LogP contribution in [0.3, 0.4) is 0 Å². The highest BCUT2D eigenvalue weighted by molar-refractivity contribution is 7.91. The van der Waals surface area contributed by atoms with Crippen LogP contribution >= 0.6 is 11.6 Å². The number of nitrogens with zero attached hydrogens (tertiary/aromatic N) is 1. The topological polar surface area (TPSA) is 59.1 Å². The Kier molecular flexibility index (Phi) is 5.03. The molecule has 0 spiro atoms. The fourth-order valence-corrected chi connectivity index (χ4v) is 4.63. The molecular formula is C22H17ClN2O2S. The number of sulfone groups is 1. The maximum atomic E-state index is 13.3. The van der Waals surface area contributed by atoms with Crippen molar-refractivity contribution >= 4 is 38.0 Å². The van der Waals surface area contributed by atoms with Crippen molar-refractivity contribution in [2.24, 2.45) is 0 Å². The number of halogens is 1. The number of rotatable bonds is 5. The normalized spacial score (nSPS) is 11.5. The molecule has 0 amide bonds. The third-order valence-corrected chi connectivity index (χ3v) is 6.47. The Morgan fingerprint density at radius 2 is 1.57 bits per heavy atom. The first kappa shape index (κ1) is 18.5. The minimum atomic E-state index is -3.75. The summed E-state index contributed by atoms with van der Waals surface area (Å²) >= 11 is 6.19. The van der Waals surface area contributed by atoms with Gasteiger partial charge in [0.25, 0.3) is 0 Å². The van der Waals surface area contributed by atoms with E-state index in [0.717, 1.165) is 5.56 Å². The number of nitrogens with one attached hydrogen (secondary N) is 1. The van der Waals surface area contributed by atoms with Crippen LogP contribution in [0.1, 0.15) is 5.56 Å². The first-order valence-corrected chi connectivity index (χ1v) is 10.6. The molecule has 0 atom stereocenters. The Balaban J connectivity index is 1.88. The van der Waals surface area contributed by atoms with E-state index >= 15 is 0 Å². The molecule has 0 fully saturated rings. The van der Waals surface area contributed by atoms with Gasteiger partial charge in [0.05, 0.1) is 16.1 Å². The maximum Gasteiger partial charge on any atom is 0.210 e. The van der Waals surface area contributed by atoms with E-state index in [1.165, 1.54) is 6.20 Å². The molecule has 4 nitrogen and oxygen atoms in total. The molecule has 28 heavy (non-hydrogen) atoms. The van der Waals surface area contributed by atoms with Gasteiger partial charge < -0.3 is 5.32 Å². The van der Waals surface area contributed by atoms with Crippen LogP contribution < -0.4 is 5.32 Å². The fourth-order valence-electron chi connectivity index (χ4n) is 3.05. The van der Waals surface area contributed by atoms with Crippen LogP contribution in [0.5, 0.6) is 0 Å². The average molecular weight is 409 g/mol. The van der Waals surface area contributed by atoms with E-state index in [1.807, 2.05) is 30.3 Å². The number of hydrogen-bond acceptors (Lipinski definition) is 4. The molecule has 0 aliphatic rings. The molecular weight excluding hydrogens is 392 g/mol. The summed E-state index contributed by atoms with van der Waals surface area (Å²) < 4.78 is 26.6. The standard InChI is InChI=1S/C22H17ClN2O2S/c23-17-11-12-20-19(13-17)22(25-14-16-7-3-1-4-8-16)21(15-24-20)28(26,27)18-9-5-2-6-10-18/h1-13,15H,14H2,(H,24,25). The Labute approximate surface area is 168 Å². The second-order valence-corrected chi connectivity index (χ2v) is 8.67. The monoisotopic (exact) mass is 408 g/mol. The van der Waals surface area contributed by atoms with Crippen molar-refractivity contribution in [1.29, 1.82) is 0 Å². The van der Waals surface area contributed by atoms with Gasteiger partial charge in [-0.05, 0) is 35.9 Å². The largest absolute Gasteiger partial charge is 0.379 e. The van der Waals surface area contributed by atoms with Crippen molar-refractivity contribution in [2.45, 2.75) is 16.3 Å². The number of anilines is 1. The smallest absolute Gasteiger partial charge is 0.210 e. The lowest BCUT2D eigenvalue weighted by atomic mass is 10.1. The Bertz CT molecular complexity index is 1230.